The number of aromatic nitrogens is 7. The Morgan fingerprint density at radius 2 is 0.800 bits per heavy atom. The first-order valence-corrected chi connectivity index (χ1v) is 37.8. The topological polar surface area (TPSA) is 162 Å². The van der Waals surface area contributed by atoms with E-state index in [0.717, 1.165) is 133 Å². The Kier molecular flexibility index (Phi) is 25.7. The molecule has 0 unspecified atom stereocenters. The van der Waals surface area contributed by atoms with Crippen molar-refractivity contribution in [1.82, 2.24) is 44.7 Å². The molecule has 0 aliphatic heterocycles. The largest absolute Gasteiger partial charge is 0.454 e. The predicted molar refractivity (Wildman–Crippen MR) is 443 cm³/mol. The van der Waals surface area contributed by atoms with Crippen molar-refractivity contribution in [2.75, 3.05) is 48.5 Å². The highest BCUT2D eigenvalue weighted by Crippen LogP contribution is 2.40. The minimum absolute atomic E-state index is 0.581. The summed E-state index contributed by atoms with van der Waals surface area (Å²) in [6.45, 7) is 28.9. The average molecular weight is 1450 g/mol. The van der Waals surface area contributed by atoms with Gasteiger partial charge in [0.1, 0.15) is 33.4 Å². The van der Waals surface area contributed by atoms with Crippen LogP contribution in [0.4, 0.5) is 0 Å². The van der Waals surface area contributed by atoms with E-state index < -0.39 is 0 Å². The van der Waals surface area contributed by atoms with E-state index >= 15 is 0 Å². The first-order chi connectivity index (χ1) is 50.4. The number of thioether (sulfide) groups is 1. The first-order valence-electron chi connectivity index (χ1n) is 34.9. The van der Waals surface area contributed by atoms with E-state index in [4.69, 9.17) is 32.1 Å². The zero-order valence-electron chi connectivity index (χ0n) is 64.1. The summed E-state index contributed by atoms with van der Waals surface area (Å²) in [6.07, 6.45) is 7.31. The zero-order valence-corrected chi connectivity index (χ0v) is 66.6. The maximum Gasteiger partial charge on any atom is 0.246 e. The molecule has 0 aliphatic rings. The molecule has 14 nitrogen and oxygen atoms in total. The van der Waals surface area contributed by atoms with E-state index in [1.807, 2.05) is 155 Å². The highest BCUT2D eigenvalue weighted by Gasteiger charge is 2.19. The number of pyridine rings is 2. The number of aryl methyl sites for hydroxylation is 12. The molecular formula is C88H93N9O5S3. The third-order valence-corrected chi connectivity index (χ3v) is 19.8. The third kappa shape index (κ3) is 18.6. The number of thiazole rings is 2. The molecule has 0 atom stereocenters. The summed E-state index contributed by atoms with van der Waals surface area (Å²) in [5, 5.41) is 4.21. The minimum Gasteiger partial charge on any atom is -0.454 e. The smallest absolute Gasteiger partial charge is 0.246 e. The van der Waals surface area contributed by atoms with Gasteiger partial charge in [0.2, 0.25) is 17.7 Å². The second-order valence-corrected chi connectivity index (χ2v) is 29.5. The van der Waals surface area contributed by atoms with E-state index in [9.17, 15) is 0 Å². The molecule has 17 rings (SSSR count). The molecule has 105 heavy (non-hydrogen) atoms. The highest BCUT2D eigenvalue weighted by molar-refractivity contribution is 7.98. The van der Waals surface area contributed by atoms with Gasteiger partial charge in [0.05, 0.1) is 26.0 Å². The Labute approximate surface area is 628 Å². The van der Waals surface area contributed by atoms with Crippen molar-refractivity contribution in [3.05, 3.63) is 249 Å². The number of para-hydroxylation sites is 1. The molecule has 538 valence electrons. The second kappa shape index (κ2) is 34.9. The van der Waals surface area contributed by atoms with Crippen LogP contribution in [0.15, 0.2) is 209 Å². The van der Waals surface area contributed by atoms with Gasteiger partial charge in [0, 0.05) is 39.8 Å². The molecule has 0 aliphatic carbocycles. The van der Waals surface area contributed by atoms with Crippen LogP contribution in [0.5, 0.6) is 0 Å². The normalized spacial score (nSPS) is 10.9. The van der Waals surface area contributed by atoms with Crippen molar-refractivity contribution >= 4 is 110 Å². The van der Waals surface area contributed by atoms with Gasteiger partial charge >= 0.3 is 0 Å². The summed E-state index contributed by atoms with van der Waals surface area (Å²) in [5.41, 5.74) is 26.3. The Morgan fingerprint density at radius 1 is 0.362 bits per heavy atom. The van der Waals surface area contributed by atoms with E-state index in [1.54, 1.807) is 53.0 Å². The quantitative estimate of drug-likeness (QED) is 0.144. The van der Waals surface area contributed by atoms with E-state index in [0.29, 0.717) is 17.7 Å². The van der Waals surface area contributed by atoms with Crippen LogP contribution in [0.25, 0.3) is 132 Å². The molecule has 9 heterocycles. The standard InChI is InChI=1S/C19H17NOS.C17H13NOS.C16H15NOS.2C14H12N2O.2C3H9N.C2H6/c1-10-7-13(4)14-9-16(21-15(14)8-10)19-20-17-11(2)5-6-12(3)18(17)22-19;1-10-7-8-11(2)16-15(10)18-17(20-16)14-9-12-5-3-4-6-13(12)19-14;1-10-4-5-11(2)15-14(10)17-16(18-15)12-6-8-13(19-3)9-7-12;1-9-5-6-10(2)13-12(9)16-14(17-13)11-4-3-7-15-8-11;1-9-6-7-10(2)13-12(9)16-14(17-13)11-5-3-4-8-15-11;2*1-4(2)3;1-2/h5-9H,1-4H3;3-9H,1-2H3;4-9H,1-3H3;2*3-8H,1-2H3;2*1-3H3;1-2H3. The Hall–Kier alpha value is -10.4. The van der Waals surface area contributed by atoms with E-state index in [1.165, 1.54) is 53.1 Å². The van der Waals surface area contributed by atoms with Gasteiger partial charge in [-0.3, -0.25) is 9.97 Å². The number of oxazole rings is 3. The van der Waals surface area contributed by atoms with E-state index in [2.05, 4.69) is 189 Å². The molecule has 17 aromatic rings. The van der Waals surface area contributed by atoms with E-state index in [-0.39, 0.29) is 0 Å². The van der Waals surface area contributed by atoms with Gasteiger partial charge in [-0.25, -0.2) is 24.9 Å². The Balaban J connectivity index is 0.000000136. The summed E-state index contributed by atoms with van der Waals surface area (Å²) in [7, 11) is 12.0. The molecule has 8 aromatic carbocycles. The molecule has 17 heteroatoms. The highest BCUT2D eigenvalue weighted by atomic mass is 32.2. The summed E-state index contributed by atoms with van der Waals surface area (Å²) < 4.78 is 32.0. The lowest BCUT2D eigenvalue weighted by Crippen LogP contribution is -1.99. The van der Waals surface area contributed by atoms with Crippen molar-refractivity contribution in [3.63, 3.8) is 0 Å². The van der Waals surface area contributed by atoms with Crippen molar-refractivity contribution in [2.45, 2.75) is 102 Å². The molecule has 0 N–H and O–H groups in total. The molecule has 0 saturated heterocycles. The fraction of sp³-hybridized carbons (Fsp3) is 0.239. The van der Waals surface area contributed by atoms with Gasteiger partial charge in [-0.15, -0.1) is 34.4 Å². The average Bonchev–Trinajstić information content (AvgIpc) is 1.65. The number of fused-ring (bicyclic) bond motifs is 7. The number of furan rings is 2. The molecule has 0 saturated carbocycles. The lowest BCUT2D eigenvalue weighted by molar-refractivity contribution is 0.505. The molecule has 0 amide bonds. The number of rotatable bonds is 6. The van der Waals surface area contributed by atoms with Crippen molar-refractivity contribution in [1.29, 1.82) is 0 Å². The third-order valence-electron chi connectivity index (χ3n) is 16.7. The number of nitrogens with zero attached hydrogens (tertiary/aromatic N) is 9. The fourth-order valence-electron chi connectivity index (χ4n) is 11.3. The fourth-order valence-corrected chi connectivity index (χ4v) is 13.8. The summed E-state index contributed by atoms with van der Waals surface area (Å²) >= 11 is 5.14. The van der Waals surface area contributed by atoms with Crippen LogP contribution < -0.4 is 0 Å². The van der Waals surface area contributed by atoms with Crippen LogP contribution >= 0.6 is 34.4 Å². The zero-order chi connectivity index (χ0) is 75.3. The molecule has 0 fully saturated rings. The molecule has 0 bridgehead atoms. The van der Waals surface area contributed by atoms with Crippen molar-refractivity contribution < 1.29 is 22.1 Å². The van der Waals surface area contributed by atoms with Gasteiger partial charge in [0.25, 0.3) is 0 Å². The van der Waals surface area contributed by atoms with Gasteiger partial charge < -0.3 is 31.9 Å². The van der Waals surface area contributed by atoms with Crippen molar-refractivity contribution in [3.8, 4) is 56.0 Å². The molecule has 0 spiro atoms. The van der Waals surface area contributed by atoms with Gasteiger partial charge in [-0.05, 0) is 271 Å². The minimum atomic E-state index is 0.581. The van der Waals surface area contributed by atoms with Crippen LogP contribution in [0, 0.1) is 83.1 Å². The predicted octanol–water partition coefficient (Wildman–Crippen LogP) is 24.5. The second-order valence-electron chi connectivity index (χ2n) is 26.6. The monoisotopic (exact) mass is 1450 g/mol. The van der Waals surface area contributed by atoms with Crippen LogP contribution in [0.3, 0.4) is 0 Å². The lowest BCUT2D eigenvalue weighted by Gasteiger charge is -1.97. The molecule has 0 radical (unpaired) electrons. The van der Waals surface area contributed by atoms with Gasteiger partial charge in [-0.2, -0.15) is 0 Å². The first kappa shape index (κ1) is 77.2. The Morgan fingerprint density at radius 3 is 1.26 bits per heavy atom. The number of hydrogen-bond acceptors (Lipinski definition) is 17. The molecule has 9 aromatic heterocycles. The maximum absolute atomic E-state index is 6.07. The number of hydrogen-bond donors (Lipinski definition) is 0. The van der Waals surface area contributed by atoms with Crippen LogP contribution in [0.2, 0.25) is 0 Å². The van der Waals surface area contributed by atoms with Crippen LogP contribution in [0.1, 0.15) is 80.6 Å². The van der Waals surface area contributed by atoms with Crippen LogP contribution in [-0.2, 0) is 0 Å². The molecular weight excluding hydrogens is 1360 g/mol. The van der Waals surface area contributed by atoms with Crippen molar-refractivity contribution in [2.24, 2.45) is 0 Å². The summed E-state index contributed by atoms with van der Waals surface area (Å²) in [4.78, 5) is 36.8. The Bertz CT molecular complexity index is 5400. The maximum atomic E-state index is 6.07. The summed E-state index contributed by atoms with van der Waals surface area (Å²) in [6, 6.07) is 55.3. The number of benzene rings is 8. The lowest BCUT2D eigenvalue weighted by atomic mass is 10.1. The SMILES string of the molecule is CC.CN(C)C.CN(C)C.CSc1ccc(-c2nc3c(C)ccc(C)c3o2)cc1.Cc1cc(C)c2cc(-c3nc4c(C)ccc(C)c4s3)oc2c1.Cc1ccc(C)c2oc(-c3ccccn3)nc12.Cc1ccc(C)c2oc(-c3cccnc3)nc12.Cc1ccc(C)c2sc(-c3cc4ccccc4o3)nc12. The van der Waals surface area contributed by atoms with Crippen LogP contribution in [-0.4, -0.2) is 93.2 Å². The van der Waals surface area contributed by atoms with Gasteiger partial charge in [-0.1, -0.05) is 105 Å². The summed E-state index contributed by atoms with van der Waals surface area (Å²) in [5.74, 6) is 3.62. The van der Waals surface area contributed by atoms with Gasteiger partial charge in [0.15, 0.2) is 38.3 Å².